The van der Waals surface area contributed by atoms with E-state index in [0.29, 0.717) is 0 Å². The number of benzene rings is 1. The predicted octanol–water partition coefficient (Wildman–Crippen LogP) is 4.01. The summed E-state index contributed by atoms with van der Waals surface area (Å²) in [4.78, 5) is 22.2. The summed E-state index contributed by atoms with van der Waals surface area (Å²) < 4.78 is 4.96. The van der Waals surface area contributed by atoms with Gasteiger partial charge in [-0.05, 0) is 43.2 Å². The van der Waals surface area contributed by atoms with E-state index in [1.165, 1.54) is 0 Å². The van der Waals surface area contributed by atoms with Gasteiger partial charge in [0.25, 0.3) is 0 Å². The van der Waals surface area contributed by atoms with Gasteiger partial charge in [-0.25, -0.2) is 9.97 Å². The number of carbonyl (C=O) groups excluding carboxylic acids is 1. The molecule has 1 amide bonds. The minimum atomic E-state index is -0.540. The van der Waals surface area contributed by atoms with Gasteiger partial charge in [-0.15, -0.1) is 11.3 Å². The van der Waals surface area contributed by atoms with Crippen molar-refractivity contribution in [3.8, 4) is 11.1 Å². The van der Waals surface area contributed by atoms with Crippen molar-refractivity contribution in [1.29, 1.82) is 0 Å². The molecule has 0 atom stereocenters. The third kappa shape index (κ3) is 3.03. The lowest BCUT2D eigenvalue weighted by Crippen LogP contribution is -2.28. The summed E-state index contributed by atoms with van der Waals surface area (Å²) in [5, 5.41) is 6.14. The molecule has 7 nitrogen and oxygen atoms in total. The van der Waals surface area contributed by atoms with Gasteiger partial charge in [0.05, 0.1) is 22.6 Å². The van der Waals surface area contributed by atoms with Crippen molar-refractivity contribution >= 4 is 44.9 Å². The summed E-state index contributed by atoms with van der Waals surface area (Å²) in [6, 6.07) is 10.3. The Morgan fingerprint density at radius 2 is 2.03 bits per heavy atom. The maximum atomic E-state index is 11.9. The first-order valence-corrected chi connectivity index (χ1v) is 11.5. The molecule has 4 aromatic heterocycles. The molecule has 1 aromatic carbocycles. The van der Waals surface area contributed by atoms with Crippen LogP contribution in [0.1, 0.15) is 17.8 Å². The molecular weight excluding hydrogens is 428 g/mol. The summed E-state index contributed by atoms with van der Waals surface area (Å²) >= 11 is 3.22. The standard InChI is InChI=1S/C22H18N6OS2/c1-27-11-14(9-25-27)13-2-5-18-24-10-19(28(18)12-13)30-15-3-4-16-17(8-15)31-21(26-16)22(6-7-22)20(23)29/h2-5,8-12H,6-7H2,1H3,(H2,23,29). The SMILES string of the molecule is Cn1cc(-c2ccc3ncc(Sc4ccc5nc(C6(C(N)=O)CC6)sc5c4)n3c2)cn1. The number of nitrogens with two attached hydrogens (primary N) is 1. The smallest absolute Gasteiger partial charge is 0.230 e. The van der Waals surface area contributed by atoms with Crippen molar-refractivity contribution in [2.75, 3.05) is 0 Å². The van der Waals surface area contributed by atoms with E-state index in [0.717, 1.165) is 54.8 Å². The molecule has 154 valence electrons. The highest BCUT2D eigenvalue weighted by Gasteiger charge is 2.52. The van der Waals surface area contributed by atoms with Gasteiger partial charge in [0.1, 0.15) is 21.1 Å². The molecular formula is C22H18N6OS2. The van der Waals surface area contributed by atoms with Crippen molar-refractivity contribution < 1.29 is 4.79 Å². The third-order valence-corrected chi connectivity index (χ3v) is 7.95. The number of carbonyl (C=O) groups is 1. The van der Waals surface area contributed by atoms with E-state index >= 15 is 0 Å². The highest BCUT2D eigenvalue weighted by molar-refractivity contribution is 7.99. The van der Waals surface area contributed by atoms with Crippen molar-refractivity contribution in [3.63, 3.8) is 0 Å². The second-order valence-electron chi connectivity index (χ2n) is 7.84. The quantitative estimate of drug-likeness (QED) is 0.440. The van der Waals surface area contributed by atoms with E-state index in [4.69, 9.17) is 5.73 Å². The number of hydrogen-bond donors (Lipinski definition) is 1. The fraction of sp³-hybridized carbons (Fsp3) is 0.182. The largest absolute Gasteiger partial charge is 0.369 e. The Hall–Kier alpha value is -3.17. The molecule has 6 rings (SSSR count). The molecule has 0 aliphatic heterocycles. The molecule has 9 heteroatoms. The first-order valence-electron chi connectivity index (χ1n) is 9.87. The number of aryl methyl sites for hydroxylation is 1. The van der Waals surface area contributed by atoms with Gasteiger partial charge in [-0.1, -0.05) is 11.8 Å². The second-order valence-corrected chi connectivity index (χ2v) is 9.97. The van der Waals surface area contributed by atoms with Crippen molar-refractivity contribution in [2.24, 2.45) is 12.8 Å². The number of rotatable bonds is 5. The van der Waals surface area contributed by atoms with Crippen LogP contribution in [0.2, 0.25) is 0 Å². The van der Waals surface area contributed by atoms with Gasteiger partial charge in [0.2, 0.25) is 5.91 Å². The van der Waals surface area contributed by atoms with Gasteiger partial charge in [0.15, 0.2) is 0 Å². The van der Waals surface area contributed by atoms with E-state index < -0.39 is 5.41 Å². The number of amides is 1. The zero-order chi connectivity index (χ0) is 21.2. The number of aromatic nitrogens is 5. The zero-order valence-electron chi connectivity index (χ0n) is 16.6. The van der Waals surface area contributed by atoms with E-state index in [-0.39, 0.29) is 5.91 Å². The Balaban J connectivity index is 1.35. The molecule has 0 spiro atoms. The van der Waals surface area contributed by atoms with E-state index in [1.807, 2.05) is 37.8 Å². The Bertz CT molecular complexity index is 1480. The van der Waals surface area contributed by atoms with Gasteiger partial charge in [0, 0.05) is 35.5 Å². The van der Waals surface area contributed by atoms with Crippen LogP contribution in [0, 0.1) is 0 Å². The molecule has 1 saturated carbocycles. The van der Waals surface area contributed by atoms with Crippen LogP contribution in [0.5, 0.6) is 0 Å². The predicted molar refractivity (Wildman–Crippen MR) is 121 cm³/mol. The lowest BCUT2D eigenvalue weighted by molar-refractivity contribution is -0.120. The lowest BCUT2D eigenvalue weighted by Gasteiger charge is -2.04. The summed E-state index contributed by atoms with van der Waals surface area (Å²) in [5.41, 5.74) is 9.04. The maximum absolute atomic E-state index is 11.9. The highest BCUT2D eigenvalue weighted by atomic mass is 32.2. The van der Waals surface area contributed by atoms with Crippen LogP contribution in [0.3, 0.4) is 0 Å². The maximum Gasteiger partial charge on any atom is 0.230 e. The van der Waals surface area contributed by atoms with E-state index in [9.17, 15) is 4.79 Å². The summed E-state index contributed by atoms with van der Waals surface area (Å²) in [6.45, 7) is 0. The third-order valence-electron chi connectivity index (χ3n) is 5.72. The average Bonchev–Trinajstić information content (AvgIpc) is 3.08. The molecule has 4 heterocycles. The monoisotopic (exact) mass is 446 g/mol. The van der Waals surface area contributed by atoms with Crippen LogP contribution in [-0.4, -0.2) is 30.1 Å². The van der Waals surface area contributed by atoms with Crippen LogP contribution in [0.15, 0.2) is 65.0 Å². The number of fused-ring (bicyclic) bond motifs is 2. The van der Waals surface area contributed by atoms with Crippen molar-refractivity contribution in [2.45, 2.75) is 28.2 Å². The Morgan fingerprint density at radius 3 is 2.77 bits per heavy atom. The van der Waals surface area contributed by atoms with Crippen LogP contribution in [0.25, 0.3) is 27.0 Å². The van der Waals surface area contributed by atoms with Gasteiger partial charge >= 0.3 is 0 Å². The minimum Gasteiger partial charge on any atom is -0.369 e. The molecule has 0 unspecified atom stereocenters. The molecule has 0 saturated heterocycles. The van der Waals surface area contributed by atoms with E-state index in [1.54, 1.807) is 27.8 Å². The van der Waals surface area contributed by atoms with Crippen LogP contribution in [0.4, 0.5) is 0 Å². The average molecular weight is 447 g/mol. The molecule has 31 heavy (non-hydrogen) atoms. The molecule has 0 bridgehead atoms. The van der Waals surface area contributed by atoms with E-state index in [2.05, 4.69) is 43.9 Å². The van der Waals surface area contributed by atoms with Crippen molar-refractivity contribution in [1.82, 2.24) is 24.1 Å². The number of hydrogen-bond acceptors (Lipinski definition) is 6. The Morgan fingerprint density at radius 1 is 1.16 bits per heavy atom. The number of pyridine rings is 1. The summed E-state index contributed by atoms with van der Waals surface area (Å²) in [7, 11) is 1.91. The first-order chi connectivity index (χ1) is 15.0. The van der Waals surface area contributed by atoms with Crippen LogP contribution < -0.4 is 5.73 Å². The molecule has 1 fully saturated rings. The molecule has 0 radical (unpaired) electrons. The number of imidazole rings is 1. The normalized spacial score (nSPS) is 15.0. The molecule has 2 N–H and O–H groups in total. The molecule has 5 aromatic rings. The fourth-order valence-electron chi connectivity index (χ4n) is 3.76. The Labute approximate surface area is 185 Å². The highest BCUT2D eigenvalue weighted by Crippen LogP contribution is 2.50. The van der Waals surface area contributed by atoms with Crippen LogP contribution >= 0.6 is 23.1 Å². The summed E-state index contributed by atoms with van der Waals surface area (Å²) in [5.74, 6) is -0.267. The molecule has 1 aliphatic carbocycles. The van der Waals surface area contributed by atoms with Crippen LogP contribution in [-0.2, 0) is 17.3 Å². The van der Waals surface area contributed by atoms with Gasteiger partial charge in [-0.2, -0.15) is 5.10 Å². The number of primary amides is 1. The van der Waals surface area contributed by atoms with Crippen molar-refractivity contribution in [3.05, 3.63) is 60.1 Å². The number of thiazole rings is 1. The molecule has 1 aliphatic rings. The van der Waals surface area contributed by atoms with Gasteiger partial charge < -0.3 is 5.73 Å². The fourth-order valence-corrected chi connectivity index (χ4v) is 5.99. The second kappa shape index (κ2) is 6.66. The minimum absolute atomic E-state index is 0.267. The topological polar surface area (TPSA) is 91.1 Å². The first kappa shape index (κ1) is 18.6. The lowest BCUT2D eigenvalue weighted by atomic mass is 10.1. The van der Waals surface area contributed by atoms with Gasteiger partial charge in [-0.3, -0.25) is 13.9 Å². The number of nitrogens with zero attached hydrogens (tertiary/aromatic N) is 5. The Kier molecular flexibility index (Phi) is 4.00. The zero-order valence-corrected chi connectivity index (χ0v) is 18.3. The summed E-state index contributed by atoms with van der Waals surface area (Å²) in [6.07, 6.45) is 9.43.